The Hall–Kier alpha value is -2.78. The molecule has 1 aliphatic carbocycles. The summed E-state index contributed by atoms with van der Waals surface area (Å²) in [4.78, 5) is 25.0. The summed E-state index contributed by atoms with van der Waals surface area (Å²) in [5, 5.41) is 9.61. The van der Waals surface area contributed by atoms with E-state index in [9.17, 15) is 9.00 Å². The number of carbonyl (C=O) groups excluding carboxylic acids is 1. The van der Waals surface area contributed by atoms with Gasteiger partial charge in [0.2, 0.25) is 11.9 Å². The van der Waals surface area contributed by atoms with Crippen molar-refractivity contribution in [3.8, 4) is 0 Å². The number of rotatable bonds is 4. The van der Waals surface area contributed by atoms with Gasteiger partial charge in [-0.1, -0.05) is 19.3 Å². The third-order valence-corrected chi connectivity index (χ3v) is 7.37. The number of hydrogen-bond acceptors (Lipinski definition) is 5. The van der Waals surface area contributed by atoms with E-state index in [-0.39, 0.29) is 17.5 Å². The van der Waals surface area contributed by atoms with Crippen LogP contribution in [0.4, 0.5) is 17.5 Å². The Morgan fingerprint density at radius 2 is 1.88 bits per heavy atom. The molecule has 8 nitrogen and oxygen atoms in total. The molecule has 1 fully saturated rings. The van der Waals surface area contributed by atoms with Crippen molar-refractivity contribution in [2.45, 2.75) is 68.8 Å². The van der Waals surface area contributed by atoms with Gasteiger partial charge in [-0.15, -0.1) is 0 Å². The molecule has 1 spiro atoms. The molecule has 168 valence electrons. The Bertz CT molecular complexity index is 1200. The average Bonchev–Trinajstić information content (AvgIpc) is 3.13. The predicted molar refractivity (Wildman–Crippen MR) is 126 cm³/mol. The van der Waals surface area contributed by atoms with Crippen LogP contribution in [-0.4, -0.2) is 30.7 Å². The van der Waals surface area contributed by atoms with E-state index < -0.39 is 11.0 Å². The highest BCUT2D eigenvalue weighted by molar-refractivity contribution is 7.82. The lowest BCUT2D eigenvalue weighted by atomic mass is 9.77. The summed E-state index contributed by atoms with van der Waals surface area (Å²) in [7, 11) is -1.51. The van der Waals surface area contributed by atoms with E-state index in [2.05, 4.69) is 34.8 Å². The van der Waals surface area contributed by atoms with Crippen molar-refractivity contribution >= 4 is 45.4 Å². The van der Waals surface area contributed by atoms with Gasteiger partial charge in [-0.25, -0.2) is 14.3 Å². The van der Waals surface area contributed by atoms with E-state index in [0.29, 0.717) is 17.3 Å². The van der Waals surface area contributed by atoms with Crippen molar-refractivity contribution in [3.63, 3.8) is 0 Å². The minimum Gasteiger partial charge on any atom is -0.324 e. The number of nitrogens with two attached hydrogens (primary N) is 1. The van der Waals surface area contributed by atoms with Gasteiger partial charge >= 0.3 is 0 Å². The first kappa shape index (κ1) is 21.1. The van der Waals surface area contributed by atoms with Crippen LogP contribution in [0.2, 0.25) is 0 Å². The van der Waals surface area contributed by atoms with Gasteiger partial charge in [0.05, 0.1) is 16.9 Å². The SMILES string of the molecule is CC(C)N1C(=O)CC2(CCCCC2)n2c1cc1cnc(Nc3ccc(S(N)=O)cc3)nc12. The van der Waals surface area contributed by atoms with Crippen molar-refractivity contribution in [1.29, 1.82) is 0 Å². The van der Waals surface area contributed by atoms with Crippen molar-refractivity contribution in [1.82, 2.24) is 14.5 Å². The molecule has 3 N–H and O–H groups in total. The summed E-state index contributed by atoms with van der Waals surface area (Å²) in [5.74, 6) is 1.61. The molecule has 1 atom stereocenters. The summed E-state index contributed by atoms with van der Waals surface area (Å²) in [6.07, 6.45) is 7.78. The van der Waals surface area contributed by atoms with Gasteiger partial charge in [0.15, 0.2) is 0 Å². The minimum atomic E-state index is -1.51. The topological polar surface area (TPSA) is 106 Å². The minimum absolute atomic E-state index is 0.0728. The third kappa shape index (κ3) is 3.49. The van der Waals surface area contributed by atoms with Crippen LogP contribution in [0, 0.1) is 0 Å². The van der Waals surface area contributed by atoms with E-state index in [4.69, 9.17) is 10.1 Å². The standard InChI is InChI=1S/C23H28N6O2S/c1-15(2)28-19-12-16-14-25-22(26-17-6-8-18(9-7-17)32(24)31)27-21(16)29(19)23(13-20(28)30)10-4-3-5-11-23/h6-9,12,14-15H,3-5,10-11,13,24H2,1-2H3,(H,25,26,27). The zero-order chi connectivity index (χ0) is 22.5. The normalized spacial score (nSPS) is 18.9. The molecule has 0 radical (unpaired) electrons. The van der Waals surface area contributed by atoms with Gasteiger partial charge in [-0.05, 0) is 57.0 Å². The number of hydrogen-bond donors (Lipinski definition) is 2. The van der Waals surface area contributed by atoms with Crippen molar-refractivity contribution in [3.05, 3.63) is 36.5 Å². The lowest BCUT2D eigenvalue weighted by molar-refractivity contribution is -0.122. The van der Waals surface area contributed by atoms with Gasteiger partial charge in [0.25, 0.3) is 0 Å². The number of benzene rings is 1. The number of carbonyl (C=O) groups is 1. The van der Waals surface area contributed by atoms with E-state index in [1.54, 1.807) is 12.1 Å². The van der Waals surface area contributed by atoms with Crippen LogP contribution >= 0.6 is 0 Å². The Labute approximate surface area is 189 Å². The first-order valence-electron chi connectivity index (χ1n) is 11.1. The number of amides is 1. The van der Waals surface area contributed by atoms with Crippen LogP contribution in [0.25, 0.3) is 11.0 Å². The summed E-state index contributed by atoms with van der Waals surface area (Å²) < 4.78 is 13.7. The number of nitrogens with one attached hydrogen (secondary N) is 1. The highest BCUT2D eigenvalue weighted by Gasteiger charge is 2.45. The molecule has 0 bridgehead atoms. The molecule has 9 heteroatoms. The fourth-order valence-electron chi connectivity index (χ4n) is 5.22. The number of nitrogens with zero attached hydrogens (tertiary/aromatic N) is 4. The van der Waals surface area contributed by atoms with Gasteiger partial charge < -0.3 is 9.88 Å². The maximum atomic E-state index is 13.2. The van der Waals surface area contributed by atoms with E-state index >= 15 is 0 Å². The molecule has 1 unspecified atom stereocenters. The fraction of sp³-hybridized carbons (Fsp3) is 0.435. The summed E-state index contributed by atoms with van der Waals surface area (Å²) in [5.41, 5.74) is 1.43. The average molecular weight is 453 g/mol. The van der Waals surface area contributed by atoms with Crippen LogP contribution < -0.4 is 15.4 Å². The predicted octanol–water partition coefficient (Wildman–Crippen LogP) is 3.96. The highest BCUT2D eigenvalue weighted by atomic mass is 32.2. The molecule has 2 aromatic heterocycles. The van der Waals surface area contributed by atoms with Crippen LogP contribution in [0.5, 0.6) is 0 Å². The lowest BCUT2D eigenvalue weighted by Crippen LogP contribution is -2.51. The second kappa shape index (κ2) is 7.97. The zero-order valence-corrected chi connectivity index (χ0v) is 19.2. The zero-order valence-electron chi connectivity index (χ0n) is 18.4. The molecule has 0 saturated heterocycles. The lowest BCUT2D eigenvalue weighted by Gasteiger charge is -2.46. The molecule has 32 heavy (non-hydrogen) atoms. The van der Waals surface area contributed by atoms with Crippen LogP contribution in [0.1, 0.15) is 52.4 Å². The van der Waals surface area contributed by atoms with Crippen LogP contribution in [-0.2, 0) is 21.3 Å². The molecule has 3 heterocycles. The molecular weight excluding hydrogens is 424 g/mol. The molecule has 1 amide bonds. The summed E-state index contributed by atoms with van der Waals surface area (Å²) in [6, 6.07) is 9.19. The maximum Gasteiger partial charge on any atom is 0.230 e. The molecular formula is C23H28N6O2S. The highest BCUT2D eigenvalue weighted by Crippen LogP contribution is 2.47. The van der Waals surface area contributed by atoms with Gasteiger partial charge in [-0.3, -0.25) is 9.69 Å². The molecule has 2 aliphatic rings. The summed E-state index contributed by atoms with van der Waals surface area (Å²) in [6.45, 7) is 4.10. The molecule has 3 aromatic rings. The second-order valence-electron chi connectivity index (χ2n) is 9.08. The Kier molecular flexibility index (Phi) is 5.25. The Morgan fingerprint density at radius 1 is 1.16 bits per heavy atom. The van der Waals surface area contributed by atoms with Crippen molar-refractivity contribution < 1.29 is 9.00 Å². The smallest absolute Gasteiger partial charge is 0.230 e. The summed E-state index contributed by atoms with van der Waals surface area (Å²) >= 11 is 0. The van der Waals surface area contributed by atoms with Gasteiger partial charge in [-0.2, -0.15) is 4.98 Å². The molecule has 1 saturated carbocycles. The molecule has 1 aromatic carbocycles. The van der Waals surface area contributed by atoms with Crippen LogP contribution in [0.15, 0.2) is 41.4 Å². The van der Waals surface area contributed by atoms with Gasteiger partial charge in [0, 0.05) is 23.3 Å². The number of anilines is 3. The van der Waals surface area contributed by atoms with E-state index in [1.165, 1.54) is 6.42 Å². The van der Waals surface area contributed by atoms with Crippen molar-refractivity contribution in [2.24, 2.45) is 5.14 Å². The second-order valence-corrected chi connectivity index (χ2v) is 10.1. The molecule has 1 aliphatic heterocycles. The molecule has 5 rings (SSSR count). The third-order valence-electron chi connectivity index (χ3n) is 6.63. The first-order valence-corrected chi connectivity index (χ1v) is 12.3. The van der Waals surface area contributed by atoms with Crippen LogP contribution in [0.3, 0.4) is 0 Å². The van der Waals surface area contributed by atoms with Gasteiger partial charge in [0.1, 0.15) is 22.5 Å². The van der Waals surface area contributed by atoms with E-state index in [0.717, 1.165) is 48.2 Å². The Morgan fingerprint density at radius 3 is 2.53 bits per heavy atom. The maximum absolute atomic E-state index is 13.2. The fourth-order valence-corrected chi connectivity index (χ4v) is 5.62. The van der Waals surface area contributed by atoms with E-state index in [1.807, 2.05) is 23.2 Å². The number of fused-ring (bicyclic) bond motifs is 4. The Balaban J connectivity index is 1.59. The quantitative estimate of drug-likeness (QED) is 0.623. The first-order chi connectivity index (χ1) is 15.4. The number of aromatic nitrogens is 3. The largest absolute Gasteiger partial charge is 0.324 e. The monoisotopic (exact) mass is 452 g/mol. The van der Waals surface area contributed by atoms with Crippen molar-refractivity contribution in [2.75, 3.05) is 10.2 Å².